The van der Waals surface area contributed by atoms with Crippen LogP contribution in [0.25, 0.3) is 0 Å². The van der Waals surface area contributed by atoms with Crippen LogP contribution in [0.4, 0.5) is 4.79 Å². The maximum atomic E-state index is 12.4. The van der Waals surface area contributed by atoms with Gasteiger partial charge >= 0.3 is 6.03 Å². The molecule has 146 valence electrons. The third-order valence-corrected chi connectivity index (χ3v) is 5.19. The fourth-order valence-electron chi connectivity index (χ4n) is 3.67. The van der Waals surface area contributed by atoms with Crippen molar-refractivity contribution in [2.45, 2.75) is 58.0 Å². The van der Waals surface area contributed by atoms with E-state index in [4.69, 9.17) is 4.74 Å². The van der Waals surface area contributed by atoms with E-state index in [0.717, 1.165) is 49.6 Å². The Morgan fingerprint density at radius 3 is 2.81 bits per heavy atom. The molecule has 6 nitrogen and oxygen atoms in total. The fourth-order valence-corrected chi connectivity index (χ4v) is 3.67. The Labute approximate surface area is 157 Å². The smallest absolute Gasteiger partial charge is 0.341 e. The molecule has 0 aromatic carbocycles. The van der Waals surface area contributed by atoms with Crippen LogP contribution in [0.2, 0.25) is 0 Å². The molecule has 1 heterocycles. The lowest BCUT2D eigenvalue weighted by Gasteiger charge is -2.34. The van der Waals surface area contributed by atoms with Gasteiger partial charge in [-0.1, -0.05) is 12.2 Å². The molecule has 1 aliphatic heterocycles. The van der Waals surface area contributed by atoms with Crippen molar-refractivity contribution < 1.29 is 14.7 Å². The number of amides is 2. The number of allylic oxidation sites excluding steroid dienone is 4. The van der Waals surface area contributed by atoms with Crippen molar-refractivity contribution in [1.29, 1.82) is 0 Å². The van der Waals surface area contributed by atoms with Crippen LogP contribution in [0.1, 0.15) is 46.0 Å². The highest BCUT2D eigenvalue weighted by Gasteiger charge is 2.27. The summed E-state index contributed by atoms with van der Waals surface area (Å²) in [7, 11) is 3.75. The van der Waals surface area contributed by atoms with Gasteiger partial charge in [0.25, 0.3) is 0 Å². The monoisotopic (exact) mass is 363 g/mol. The Morgan fingerprint density at radius 1 is 1.50 bits per heavy atom. The lowest BCUT2D eigenvalue weighted by atomic mass is 9.92. The molecule has 0 spiro atoms. The molecule has 1 atom stereocenters. The van der Waals surface area contributed by atoms with Gasteiger partial charge in [0, 0.05) is 6.04 Å². The SMILES string of the molecule is C/C=C(/OC)C1=C(CC(C)NC(=O)N(O)C2CCN(C)CC2)C=CCC1. The first kappa shape index (κ1) is 20.5. The van der Waals surface area contributed by atoms with Gasteiger partial charge in [0.05, 0.1) is 13.2 Å². The normalized spacial score (nSPS) is 20.9. The molecule has 1 unspecified atom stereocenters. The lowest BCUT2D eigenvalue weighted by molar-refractivity contribution is -0.0919. The van der Waals surface area contributed by atoms with Crippen molar-refractivity contribution in [1.82, 2.24) is 15.3 Å². The number of carbonyl (C=O) groups excluding carboxylic acids is 1. The van der Waals surface area contributed by atoms with Gasteiger partial charge in [0.1, 0.15) is 5.76 Å². The number of carbonyl (C=O) groups is 1. The second-order valence-electron chi connectivity index (χ2n) is 7.24. The number of piperidine rings is 1. The molecule has 0 bridgehead atoms. The Bertz CT molecular complexity index is 575. The zero-order valence-electron chi connectivity index (χ0n) is 16.5. The van der Waals surface area contributed by atoms with Gasteiger partial charge in [-0.2, -0.15) is 0 Å². The lowest BCUT2D eigenvalue weighted by Crippen LogP contribution is -2.50. The van der Waals surface area contributed by atoms with Crippen LogP contribution in [0.15, 0.2) is 35.1 Å². The van der Waals surface area contributed by atoms with Gasteiger partial charge in [0.2, 0.25) is 0 Å². The summed E-state index contributed by atoms with van der Waals surface area (Å²) in [6.07, 6.45) is 10.5. The van der Waals surface area contributed by atoms with Crippen molar-refractivity contribution >= 4 is 6.03 Å². The van der Waals surface area contributed by atoms with Crippen molar-refractivity contribution in [2.75, 3.05) is 27.2 Å². The molecule has 0 aromatic rings. The highest BCUT2D eigenvalue weighted by Crippen LogP contribution is 2.28. The van der Waals surface area contributed by atoms with Crippen molar-refractivity contribution in [2.24, 2.45) is 0 Å². The number of nitrogens with one attached hydrogen (secondary N) is 1. The maximum absolute atomic E-state index is 12.4. The summed E-state index contributed by atoms with van der Waals surface area (Å²) >= 11 is 0. The molecule has 2 N–H and O–H groups in total. The Kier molecular flexibility index (Phi) is 7.72. The van der Waals surface area contributed by atoms with Crippen LogP contribution >= 0.6 is 0 Å². The Balaban J connectivity index is 1.95. The first-order valence-electron chi connectivity index (χ1n) is 9.52. The highest BCUT2D eigenvalue weighted by molar-refractivity contribution is 5.73. The van der Waals surface area contributed by atoms with Crippen LogP contribution in [-0.2, 0) is 4.74 Å². The molecule has 2 rings (SSSR count). The van der Waals surface area contributed by atoms with Gasteiger partial charge in [-0.3, -0.25) is 5.21 Å². The van der Waals surface area contributed by atoms with Gasteiger partial charge in [-0.25, -0.2) is 9.86 Å². The predicted octanol–water partition coefficient (Wildman–Crippen LogP) is 3.46. The summed E-state index contributed by atoms with van der Waals surface area (Å²) in [5.74, 6) is 0.901. The van der Waals surface area contributed by atoms with E-state index >= 15 is 0 Å². The molecular formula is C20H33N3O3. The van der Waals surface area contributed by atoms with E-state index in [9.17, 15) is 10.0 Å². The largest absolute Gasteiger partial charge is 0.497 e. The summed E-state index contributed by atoms with van der Waals surface area (Å²) in [5.41, 5.74) is 2.39. The first-order valence-corrected chi connectivity index (χ1v) is 9.52. The number of likely N-dealkylation sites (tertiary alicyclic amines) is 1. The van der Waals surface area contributed by atoms with Gasteiger partial charge in [0.15, 0.2) is 0 Å². The zero-order chi connectivity index (χ0) is 19.1. The maximum Gasteiger partial charge on any atom is 0.341 e. The van der Waals surface area contributed by atoms with Gasteiger partial charge in [-0.05, 0) is 83.3 Å². The number of nitrogens with zero attached hydrogens (tertiary/aromatic N) is 2. The summed E-state index contributed by atoms with van der Waals surface area (Å²) in [5, 5.41) is 14.1. The molecule has 0 aromatic heterocycles. The van der Waals surface area contributed by atoms with Crippen LogP contribution in [0, 0.1) is 0 Å². The molecule has 1 aliphatic carbocycles. The minimum Gasteiger partial charge on any atom is -0.497 e. The number of hydrogen-bond donors (Lipinski definition) is 2. The molecule has 26 heavy (non-hydrogen) atoms. The van der Waals surface area contributed by atoms with E-state index in [1.54, 1.807) is 7.11 Å². The van der Waals surface area contributed by atoms with Crippen molar-refractivity contribution in [3.8, 4) is 0 Å². The Morgan fingerprint density at radius 2 is 2.19 bits per heavy atom. The van der Waals surface area contributed by atoms with Gasteiger partial charge < -0.3 is 15.0 Å². The average molecular weight is 364 g/mol. The first-order chi connectivity index (χ1) is 12.5. The molecule has 1 saturated heterocycles. The molecule has 0 radical (unpaired) electrons. The average Bonchev–Trinajstić information content (AvgIpc) is 2.64. The number of urea groups is 1. The van der Waals surface area contributed by atoms with E-state index in [0.29, 0.717) is 6.42 Å². The number of methoxy groups -OCH3 is 1. The zero-order valence-corrected chi connectivity index (χ0v) is 16.5. The Hall–Kier alpha value is -1.79. The quantitative estimate of drug-likeness (QED) is 0.431. The third-order valence-electron chi connectivity index (χ3n) is 5.19. The fraction of sp³-hybridized carbons (Fsp3) is 0.650. The minimum absolute atomic E-state index is 0.0777. The summed E-state index contributed by atoms with van der Waals surface area (Å²) in [4.78, 5) is 14.6. The highest BCUT2D eigenvalue weighted by atomic mass is 16.5. The molecule has 2 amide bonds. The number of hydrogen-bond acceptors (Lipinski definition) is 4. The van der Waals surface area contributed by atoms with E-state index in [1.165, 1.54) is 11.1 Å². The van der Waals surface area contributed by atoms with Crippen molar-refractivity contribution in [3.63, 3.8) is 0 Å². The second kappa shape index (κ2) is 9.78. The van der Waals surface area contributed by atoms with Crippen LogP contribution in [0.5, 0.6) is 0 Å². The van der Waals surface area contributed by atoms with E-state index in [1.807, 2.05) is 19.9 Å². The molecule has 1 fully saturated rings. The summed E-state index contributed by atoms with van der Waals surface area (Å²) in [6.45, 7) is 5.73. The molecule has 2 aliphatic rings. The molecule has 0 saturated carbocycles. The van der Waals surface area contributed by atoms with Crippen LogP contribution in [0.3, 0.4) is 0 Å². The summed E-state index contributed by atoms with van der Waals surface area (Å²) < 4.78 is 5.49. The van der Waals surface area contributed by atoms with E-state index < -0.39 is 6.03 Å². The van der Waals surface area contributed by atoms with E-state index in [2.05, 4.69) is 29.4 Å². The number of rotatable bonds is 6. The van der Waals surface area contributed by atoms with Gasteiger partial charge in [-0.15, -0.1) is 0 Å². The standard InChI is InChI=1S/C20H33N3O3/c1-5-19(26-4)18-9-7-6-8-16(18)14-15(2)21-20(24)23(25)17-10-12-22(3)13-11-17/h5-6,8,15,17,25H,7,9-14H2,1-4H3,(H,21,24)/b19-5+. The van der Waals surface area contributed by atoms with Crippen molar-refractivity contribution in [3.05, 3.63) is 35.1 Å². The predicted molar refractivity (Wildman–Crippen MR) is 103 cm³/mol. The van der Waals surface area contributed by atoms with Crippen LogP contribution < -0.4 is 5.32 Å². The number of ether oxygens (including phenoxy) is 1. The topological polar surface area (TPSA) is 65.0 Å². The van der Waals surface area contributed by atoms with E-state index in [-0.39, 0.29) is 12.1 Å². The third kappa shape index (κ3) is 5.35. The van der Waals surface area contributed by atoms with Crippen LogP contribution in [-0.4, -0.2) is 60.5 Å². The number of hydroxylamine groups is 2. The molecule has 6 heteroatoms. The molecular weight excluding hydrogens is 330 g/mol. The minimum atomic E-state index is -0.410. The summed E-state index contributed by atoms with van der Waals surface area (Å²) in [6, 6.07) is -0.594. The second-order valence-corrected chi connectivity index (χ2v) is 7.24.